The van der Waals surface area contributed by atoms with Crippen molar-refractivity contribution in [2.75, 3.05) is 0 Å². The maximum atomic E-state index is 9.06. The van der Waals surface area contributed by atoms with Gasteiger partial charge in [-0.2, -0.15) is 5.26 Å². The summed E-state index contributed by atoms with van der Waals surface area (Å²) >= 11 is 6.07. The molecule has 0 saturated carbocycles. The van der Waals surface area contributed by atoms with Gasteiger partial charge in [-0.1, -0.05) is 17.7 Å². The van der Waals surface area contributed by atoms with Crippen LogP contribution in [0.4, 0.5) is 0 Å². The third kappa shape index (κ3) is 1.91. The summed E-state index contributed by atoms with van der Waals surface area (Å²) < 4.78 is 0. The molecule has 1 aromatic rings. The number of rotatable bonds is 1. The molecule has 1 nitrogen and oxygen atoms in total. The Balaban J connectivity index is 3.44. The minimum Gasteiger partial charge on any atom is -0.197 e. The van der Waals surface area contributed by atoms with Crippen molar-refractivity contribution in [2.45, 2.75) is 33.1 Å². The highest BCUT2D eigenvalue weighted by atomic mass is 35.5. The van der Waals surface area contributed by atoms with Gasteiger partial charge in [0, 0.05) is 5.02 Å². The van der Waals surface area contributed by atoms with Gasteiger partial charge in [-0.3, -0.25) is 0 Å². The molecule has 0 aliphatic rings. The molecule has 2 heteroatoms. The average Bonchev–Trinajstić information content (AvgIpc) is 2.11. The molecule has 0 unspecified atom stereocenters. The Labute approximate surface area is 90.3 Å². The number of hydrogen-bond acceptors (Lipinski definition) is 1. The second-order valence-electron chi connectivity index (χ2n) is 4.16. The Morgan fingerprint density at radius 2 is 1.86 bits per heavy atom. The Bertz CT molecular complexity index is 400. The molecule has 0 atom stereocenters. The molecule has 0 fully saturated rings. The van der Waals surface area contributed by atoms with E-state index in [1.807, 2.05) is 39.8 Å². The van der Waals surface area contributed by atoms with Crippen LogP contribution >= 0.6 is 11.6 Å². The van der Waals surface area contributed by atoms with Crippen molar-refractivity contribution in [3.8, 4) is 6.07 Å². The van der Waals surface area contributed by atoms with Gasteiger partial charge in [-0.05, 0) is 50.5 Å². The molecule has 14 heavy (non-hydrogen) atoms. The van der Waals surface area contributed by atoms with Crippen LogP contribution in [-0.2, 0) is 5.41 Å². The van der Waals surface area contributed by atoms with Crippen molar-refractivity contribution >= 4 is 11.6 Å². The third-order valence-electron chi connectivity index (χ3n) is 2.44. The molecule has 0 saturated heterocycles. The van der Waals surface area contributed by atoms with E-state index < -0.39 is 5.41 Å². The molecule has 0 spiro atoms. The van der Waals surface area contributed by atoms with Gasteiger partial charge < -0.3 is 0 Å². The highest BCUT2D eigenvalue weighted by Gasteiger charge is 2.23. The van der Waals surface area contributed by atoms with Crippen LogP contribution < -0.4 is 0 Å². The van der Waals surface area contributed by atoms with E-state index in [0.717, 1.165) is 21.7 Å². The molecule has 0 heterocycles. The quantitative estimate of drug-likeness (QED) is 0.688. The van der Waals surface area contributed by atoms with Gasteiger partial charge in [0.2, 0.25) is 0 Å². The molecule has 0 aliphatic carbocycles. The van der Waals surface area contributed by atoms with Crippen LogP contribution in [0.5, 0.6) is 0 Å². The van der Waals surface area contributed by atoms with E-state index in [1.165, 1.54) is 0 Å². The third-order valence-corrected chi connectivity index (χ3v) is 2.83. The summed E-state index contributed by atoms with van der Waals surface area (Å²) in [4.78, 5) is 0. The number of hydrogen-bond donors (Lipinski definition) is 0. The second kappa shape index (κ2) is 3.63. The zero-order valence-corrected chi connectivity index (χ0v) is 9.74. The topological polar surface area (TPSA) is 23.8 Å². The molecule has 0 amide bonds. The van der Waals surface area contributed by atoms with Crippen LogP contribution in [0.3, 0.4) is 0 Å². The van der Waals surface area contributed by atoms with Crippen molar-refractivity contribution < 1.29 is 0 Å². The summed E-state index contributed by atoms with van der Waals surface area (Å²) in [5.41, 5.74) is 2.65. The van der Waals surface area contributed by atoms with Crippen molar-refractivity contribution in [2.24, 2.45) is 0 Å². The monoisotopic (exact) mass is 207 g/mol. The number of halogens is 1. The number of nitrogens with zero attached hydrogens (tertiary/aromatic N) is 1. The van der Waals surface area contributed by atoms with Gasteiger partial charge in [0.1, 0.15) is 0 Å². The highest BCUT2D eigenvalue weighted by Crippen LogP contribution is 2.30. The molecule has 0 N–H and O–H groups in total. The lowest BCUT2D eigenvalue weighted by atomic mass is 9.83. The SMILES string of the molecule is Cc1cc(Cl)c(C)c(C(C)(C)C#N)c1. The molecular weight excluding hydrogens is 194 g/mol. The maximum absolute atomic E-state index is 9.06. The van der Waals surface area contributed by atoms with Gasteiger partial charge in [0.15, 0.2) is 0 Å². The largest absolute Gasteiger partial charge is 0.197 e. The zero-order chi connectivity index (χ0) is 10.9. The Hall–Kier alpha value is -1.00. The van der Waals surface area contributed by atoms with Crippen molar-refractivity contribution in [3.05, 3.63) is 33.8 Å². The Morgan fingerprint density at radius 3 is 2.36 bits per heavy atom. The fraction of sp³-hybridized carbons (Fsp3) is 0.417. The van der Waals surface area contributed by atoms with Crippen molar-refractivity contribution in [3.63, 3.8) is 0 Å². The molecular formula is C12H14ClN. The predicted molar refractivity (Wildman–Crippen MR) is 59.6 cm³/mol. The lowest BCUT2D eigenvalue weighted by molar-refractivity contribution is 0.680. The molecule has 0 bridgehead atoms. The predicted octanol–water partition coefficient (Wildman–Crippen LogP) is 3.76. The summed E-state index contributed by atoms with van der Waals surface area (Å²) in [5.74, 6) is 0. The standard InChI is InChI=1S/C12H14ClN/c1-8-5-10(12(3,4)7-14)9(2)11(13)6-8/h5-6H,1-4H3. The Kier molecular flexibility index (Phi) is 2.87. The van der Waals surface area contributed by atoms with Crippen LogP contribution in [0.1, 0.15) is 30.5 Å². The van der Waals surface area contributed by atoms with Gasteiger partial charge in [0.25, 0.3) is 0 Å². The fourth-order valence-electron chi connectivity index (χ4n) is 1.52. The minimum atomic E-state index is -0.472. The van der Waals surface area contributed by atoms with E-state index in [0.29, 0.717) is 0 Å². The van der Waals surface area contributed by atoms with Crippen molar-refractivity contribution in [1.82, 2.24) is 0 Å². The summed E-state index contributed by atoms with van der Waals surface area (Å²) in [6, 6.07) is 6.25. The average molecular weight is 208 g/mol. The fourth-order valence-corrected chi connectivity index (χ4v) is 1.80. The highest BCUT2D eigenvalue weighted by molar-refractivity contribution is 6.31. The normalized spacial score (nSPS) is 11.1. The summed E-state index contributed by atoms with van der Waals surface area (Å²) in [6.07, 6.45) is 0. The Morgan fingerprint density at radius 1 is 1.29 bits per heavy atom. The van der Waals surface area contributed by atoms with E-state index >= 15 is 0 Å². The van der Waals surface area contributed by atoms with Gasteiger partial charge in [0.05, 0.1) is 11.5 Å². The molecule has 0 aliphatic heterocycles. The van der Waals surface area contributed by atoms with Crippen LogP contribution in [0, 0.1) is 25.2 Å². The van der Waals surface area contributed by atoms with Gasteiger partial charge in [-0.15, -0.1) is 0 Å². The van der Waals surface area contributed by atoms with Gasteiger partial charge in [-0.25, -0.2) is 0 Å². The first-order valence-corrected chi connectivity index (χ1v) is 4.95. The summed E-state index contributed by atoms with van der Waals surface area (Å²) in [7, 11) is 0. The molecule has 1 aromatic carbocycles. The van der Waals surface area contributed by atoms with E-state index in [1.54, 1.807) is 0 Å². The maximum Gasteiger partial charge on any atom is 0.0769 e. The van der Waals surface area contributed by atoms with E-state index in [4.69, 9.17) is 16.9 Å². The van der Waals surface area contributed by atoms with Crippen LogP contribution in [0.15, 0.2) is 12.1 Å². The first-order valence-electron chi connectivity index (χ1n) is 4.57. The number of benzene rings is 1. The smallest absolute Gasteiger partial charge is 0.0769 e. The van der Waals surface area contributed by atoms with Crippen molar-refractivity contribution in [1.29, 1.82) is 5.26 Å². The lowest BCUT2D eigenvalue weighted by Gasteiger charge is -2.20. The molecule has 0 aromatic heterocycles. The molecule has 74 valence electrons. The minimum absolute atomic E-state index is 0.472. The second-order valence-corrected chi connectivity index (χ2v) is 4.56. The van der Waals surface area contributed by atoms with E-state index in [2.05, 4.69) is 6.07 Å². The summed E-state index contributed by atoms with van der Waals surface area (Å²) in [5, 5.41) is 9.80. The first kappa shape index (κ1) is 11.1. The van der Waals surface area contributed by atoms with E-state index in [-0.39, 0.29) is 0 Å². The number of nitriles is 1. The van der Waals surface area contributed by atoms with Gasteiger partial charge >= 0.3 is 0 Å². The molecule has 1 rings (SSSR count). The molecule has 0 radical (unpaired) electrons. The summed E-state index contributed by atoms with van der Waals surface area (Å²) in [6.45, 7) is 7.76. The van der Waals surface area contributed by atoms with Crippen LogP contribution in [0.25, 0.3) is 0 Å². The van der Waals surface area contributed by atoms with E-state index in [9.17, 15) is 0 Å². The zero-order valence-electron chi connectivity index (χ0n) is 8.98. The lowest BCUT2D eigenvalue weighted by Crippen LogP contribution is -2.16. The first-order chi connectivity index (χ1) is 6.38. The van der Waals surface area contributed by atoms with Crippen LogP contribution in [-0.4, -0.2) is 0 Å². The van der Waals surface area contributed by atoms with Crippen LogP contribution in [0.2, 0.25) is 5.02 Å². The number of aryl methyl sites for hydroxylation is 1.